The van der Waals surface area contributed by atoms with Crippen LogP contribution in [0.5, 0.6) is 0 Å². The summed E-state index contributed by atoms with van der Waals surface area (Å²) in [7, 11) is 0. The summed E-state index contributed by atoms with van der Waals surface area (Å²) in [5.41, 5.74) is 15.6. The van der Waals surface area contributed by atoms with Crippen LogP contribution in [0.4, 0.5) is 5.82 Å². The molecule has 3 aromatic heterocycles. The van der Waals surface area contributed by atoms with E-state index in [1.165, 1.54) is 11.9 Å². The van der Waals surface area contributed by atoms with E-state index in [9.17, 15) is 0 Å². The summed E-state index contributed by atoms with van der Waals surface area (Å²) in [5.74, 6) is 0.895. The van der Waals surface area contributed by atoms with E-state index in [1.54, 1.807) is 0 Å². The quantitative estimate of drug-likeness (QED) is 0.279. The summed E-state index contributed by atoms with van der Waals surface area (Å²) >= 11 is 6.10. The highest BCUT2D eigenvalue weighted by molar-refractivity contribution is 6.17. The van der Waals surface area contributed by atoms with E-state index >= 15 is 0 Å². The Bertz CT molecular complexity index is 1510. The van der Waals surface area contributed by atoms with Crippen LogP contribution in [0.3, 0.4) is 0 Å². The highest BCUT2D eigenvalue weighted by Crippen LogP contribution is 2.34. The molecule has 0 aliphatic rings. The predicted octanol–water partition coefficient (Wildman–Crippen LogP) is 6.22. The zero-order valence-corrected chi connectivity index (χ0v) is 20.6. The van der Waals surface area contributed by atoms with Gasteiger partial charge < -0.3 is 5.73 Å². The first-order chi connectivity index (χ1) is 17.1. The van der Waals surface area contributed by atoms with Gasteiger partial charge in [-0.3, -0.25) is 4.68 Å². The first kappa shape index (κ1) is 22.9. The Labute approximate surface area is 209 Å². The number of aromatic nitrogens is 5. The molecule has 0 amide bonds. The fraction of sp³-hybridized carbons (Fsp3) is 0.179. The molecule has 6 nitrogen and oxygen atoms in total. The zero-order chi connectivity index (χ0) is 24.4. The van der Waals surface area contributed by atoms with E-state index in [-0.39, 0.29) is 0 Å². The SMILES string of the molecule is CC/C(=C\c1nn(Cc2ccccc2)cc1C)c1cc(-c2cccc(CCl)c2)n2ncnc(N)c12. The maximum absolute atomic E-state index is 6.37. The highest BCUT2D eigenvalue weighted by Gasteiger charge is 2.18. The van der Waals surface area contributed by atoms with Crippen LogP contribution in [0.15, 0.2) is 73.2 Å². The minimum atomic E-state index is 0.445. The van der Waals surface area contributed by atoms with Gasteiger partial charge in [0, 0.05) is 23.2 Å². The summed E-state index contributed by atoms with van der Waals surface area (Å²) in [6, 6.07) is 20.7. The van der Waals surface area contributed by atoms with Crippen LogP contribution in [0.25, 0.3) is 28.4 Å². The second-order valence-electron chi connectivity index (χ2n) is 8.59. The normalized spacial score (nSPS) is 11.9. The Kier molecular flexibility index (Phi) is 6.38. The van der Waals surface area contributed by atoms with Crippen molar-refractivity contribution in [2.45, 2.75) is 32.7 Å². The molecule has 0 fully saturated rings. The molecule has 0 spiro atoms. The lowest BCUT2D eigenvalue weighted by Gasteiger charge is -2.06. The Balaban J connectivity index is 1.60. The largest absolute Gasteiger partial charge is 0.382 e. The van der Waals surface area contributed by atoms with Gasteiger partial charge in [0.15, 0.2) is 5.82 Å². The zero-order valence-electron chi connectivity index (χ0n) is 19.8. The van der Waals surface area contributed by atoms with Gasteiger partial charge in [-0.25, -0.2) is 9.50 Å². The van der Waals surface area contributed by atoms with Crippen molar-refractivity contribution < 1.29 is 0 Å². The van der Waals surface area contributed by atoms with E-state index in [2.05, 4.69) is 66.5 Å². The maximum atomic E-state index is 6.37. The molecule has 0 aliphatic carbocycles. The van der Waals surface area contributed by atoms with E-state index in [4.69, 9.17) is 22.4 Å². The number of nitrogens with zero attached hydrogens (tertiary/aromatic N) is 5. The summed E-state index contributed by atoms with van der Waals surface area (Å²) in [6.07, 6.45) is 6.54. The third-order valence-electron chi connectivity index (χ3n) is 6.17. The van der Waals surface area contributed by atoms with Crippen LogP contribution in [0.1, 0.15) is 41.3 Å². The molecular formula is C28H27ClN6. The minimum absolute atomic E-state index is 0.445. The van der Waals surface area contributed by atoms with Crippen molar-refractivity contribution in [3.8, 4) is 11.3 Å². The molecule has 0 bridgehead atoms. The smallest absolute Gasteiger partial charge is 0.151 e. The predicted molar refractivity (Wildman–Crippen MR) is 143 cm³/mol. The number of allylic oxidation sites excluding steroid dienone is 1. The number of halogens is 1. The van der Waals surface area contributed by atoms with Gasteiger partial charge in [0.25, 0.3) is 0 Å². The number of anilines is 1. The van der Waals surface area contributed by atoms with Gasteiger partial charge in [0.1, 0.15) is 11.8 Å². The molecule has 5 aromatic rings. The fourth-order valence-electron chi connectivity index (χ4n) is 4.40. The van der Waals surface area contributed by atoms with Crippen molar-refractivity contribution in [3.63, 3.8) is 0 Å². The Morgan fingerprint density at radius 3 is 2.63 bits per heavy atom. The van der Waals surface area contributed by atoms with Gasteiger partial charge in [-0.2, -0.15) is 10.2 Å². The minimum Gasteiger partial charge on any atom is -0.382 e. The Hall–Kier alpha value is -3.90. The number of aryl methyl sites for hydroxylation is 1. The summed E-state index contributed by atoms with van der Waals surface area (Å²) in [4.78, 5) is 4.28. The van der Waals surface area contributed by atoms with Crippen molar-refractivity contribution in [1.29, 1.82) is 0 Å². The number of nitrogen functional groups attached to an aromatic ring is 1. The number of hydrogen-bond acceptors (Lipinski definition) is 4. The van der Waals surface area contributed by atoms with E-state index in [0.717, 1.165) is 57.7 Å². The van der Waals surface area contributed by atoms with Gasteiger partial charge in [0.05, 0.1) is 17.9 Å². The second-order valence-corrected chi connectivity index (χ2v) is 8.85. The number of nitrogens with two attached hydrogens (primary N) is 1. The molecule has 0 unspecified atom stereocenters. The van der Waals surface area contributed by atoms with Crippen molar-refractivity contribution in [2.24, 2.45) is 0 Å². The van der Waals surface area contributed by atoms with Gasteiger partial charge in [-0.05, 0) is 53.8 Å². The Morgan fingerprint density at radius 2 is 1.86 bits per heavy atom. The van der Waals surface area contributed by atoms with E-state index < -0.39 is 0 Å². The van der Waals surface area contributed by atoms with Crippen LogP contribution in [0.2, 0.25) is 0 Å². The third kappa shape index (κ3) is 4.57. The third-order valence-corrected chi connectivity index (χ3v) is 6.48. The lowest BCUT2D eigenvalue weighted by atomic mass is 10.0. The van der Waals surface area contributed by atoms with Crippen molar-refractivity contribution in [3.05, 3.63) is 101 Å². The topological polar surface area (TPSA) is 74.0 Å². The number of alkyl halides is 1. The number of rotatable bonds is 7. The molecule has 0 aliphatic heterocycles. The van der Waals surface area contributed by atoms with Crippen LogP contribution >= 0.6 is 11.6 Å². The summed E-state index contributed by atoms with van der Waals surface area (Å²) in [5, 5.41) is 9.40. The molecule has 2 aromatic carbocycles. The monoisotopic (exact) mass is 482 g/mol. The molecule has 5 rings (SSSR count). The summed E-state index contributed by atoms with van der Waals surface area (Å²) in [6.45, 7) is 4.96. The molecule has 176 valence electrons. The van der Waals surface area contributed by atoms with Gasteiger partial charge >= 0.3 is 0 Å². The molecule has 3 heterocycles. The standard InChI is InChI=1S/C28H27ClN6/c1-3-22(13-25-19(2)16-34(33-25)17-20-8-5-4-6-9-20)24-14-26(23-11-7-10-21(12-23)15-29)35-27(24)28(30)31-18-32-35/h4-14,16,18H,3,15,17H2,1-2H3,(H2,30,31,32)/b22-13+. The fourth-order valence-corrected chi connectivity index (χ4v) is 4.56. The van der Waals surface area contributed by atoms with Crippen molar-refractivity contribution in [2.75, 3.05) is 5.73 Å². The van der Waals surface area contributed by atoms with E-state index in [1.807, 2.05) is 39.5 Å². The number of hydrogen-bond donors (Lipinski definition) is 1. The van der Waals surface area contributed by atoms with Crippen LogP contribution < -0.4 is 5.73 Å². The molecule has 0 atom stereocenters. The maximum Gasteiger partial charge on any atom is 0.151 e. The lowest BCUT2D eigenvalue weighted by molar-refractivity contribution is 0.684. The molecule has 0 radical (unpaired) electrons. The highest BCUT2D eigenvalue weighted by atomic mass is 35.5. The van der Waals surface area contributed by atoms with Gasteiger partial charge in [0.2, 0.25) is 0 Å². The Morgan fingerprint density at radius 1 is 1.06 bits per heavy atom. The number of benzene rings is 2. The summed E-state index contributed by atoms with van der Waals surface area (Å²) < 4.78 is 3.86. The average Bonchev–Trinajstić information content (AvgIpc) is 3.44. The average molecular weight is 483 g/mol. The molecular weight excluding hydrogens is 456 g/mol. The van der Waals surface area contributed by atoms with Gasteiger partial charge in [-0.1, -0.05) is 55.5 Å². The van der Waals surface area contributed by atoms with Crippen molar-refractivity contribution in [1.82, 2.24) is 24.4 Å². The number of fused-ring (bicyclic) bond motifs is 1. The van der Waals surface area contributed by atoms with Crippen LogP contribution in [-0.4, -0.2) is 24.4 Å². The first-order valence-corrected chi connectivity index (χ1v) is 12.2. The molecule has 7 heteroatoms. The lowest BCUT2D eigenvalue weighted by Crippen LogP contribution is -2.01. The molecule has 35 heavy (non-hydrogen) atoms. The first-order valence-electron chi connectivity index (χ1n) is 11.6. The van der Waals surface area contributed by atoms with E-state index in [0.29, 0.717) is 11.7 Å². The van der Waals surface area contributed by atoms with Crippen LogP contribution in [0, 0.1) is 6.92 Å². The molecule has 0 saturated carbocycles. The molecule has 0 saturated heterocycles. The molecule has 2 N–H and O–H groups in total. The van der Waals surface area contributed by atoms with Crippen LogP contribution in [-0.2, 0) is 12.4 Å². The van der Waals surface area contributed by atoms with Gasteiger partial charge in [-0.15, -0.1) is 11.6 Å². The second kappa shape index (κ2) is 9.76. The van der Waals surface area contributed by atoms with Crippen molar-refractivity contribution >= 4 is 34.6 Å².